The number of allylic oxidation sites excluding steroid dienone is 1. The molecular weight excluding hydrogens is 316 g/mol. The molecule has 0 N–H and O–H groups in total. The second kappa shape index (κ2) is 6.08. The molecule has 23 heavy (non-hydrogen) atoms. The number of Topliss-reactive ketones (excluding diaryl/α,β-unsaturated/α-hetero) is 1. The minimum atomic E-state index is 0.0188. The first-order valence-electron chi connectivity index (χ1n) is 7.22. The molecule has 0 radical (unpaired) electrons. The highest BCUT2D eigenvalue weighted by molar-refractivity contribution is 6.32. The number of methoxy groups -OCH3 is 2. The van der Waals surface area contributed by atoms with Crippen molar-refractivity contribution in [1.82, 2.24) is 9.78 Å². The maximum atomic E-state index is 12.6. The molecule has 0 unspecified atom stereocenters. The van der Waals surface area contributed by atoms with Gasteiger partial charge in [0.1, 0.15) is 0 Å². The summed E-state index contributed by atoms with van der Waals surface area (Å²) in [6.45, 7) is 0. The monoisotopic (exact) mass is 332 g/mol. The average molecular weight is 333 g/mol. The number of halogens is 1. The molecule has 0 atom stereocenters. The third-order valence-electron chi connectivity index (χ3n) is 4.03. The van der Waals surface area contributed by atoms with Crippen LogP contribution in [0.15, 0.2) is 23.9 Å². The van der Waals surface area contributed by atoms with Crippen LogP contribution in [0.25, 0.3) is 6.08 Å². The highest BCUT2D eigenvalue weighted by Crippen LogP contribution is 2.37. The normalized spacial score (nSPS) is 15.7. The van der Waals surface area contributed by atoms with Gasteiger partial charge in [-0.3, -0.25) is 9.48 Å². The van der Waals surface area contributed by atoms with E-state index in [0.717, 1.165) is 23.3 Å². The summed E-state index contributed by atoms with van der Waals surface area (Å²) in [5, 5.41) is 4.61. The number of hydrogen-bond donors (Lipinski definition) is 0. The lowest BCUT2D eigenvalue weighted by molar-refractivity contribution is 0.102. The van der Waals surface area contributed by atoms with Crippen LogP contribution in [-0.2, 0) is 13.5 Å². The van der Waals surface area contributed by atoms with Gasteiger partial charge < -0.3 is 9.47 Å². The number of carbonyl (C=O) groups is 1. The van der Waals surface area contributed by atoms with Crippen LogP contribution in [0.3, 0.4) is 0 Å². The molecule has 1 aromatic carbocycles. The lowest BCUT2D eigenvalue weighted by Crippen LogP contribution is -2.15. The zero-order chi connectivity index (χ0) is 16.6. The van der Waals surface area contributed by atoms with E-state index in [1.807, 2.05) is 19.2 Å². The van der Waals surface area contributed by atoms with Gasteiger partial charge in [0, 0.05) is 18.3 Å². The van der Waals surface area contributed by atoms with Crippen LogP contribution in [0.2, 0.25) is 5.02 Å². The molecule has 120 valence electrons. The maximum absolute atomic E-state index is 12.6. The largest absolute Gasteiger partial charge is 0.493 e. The molecule has 0 amide bonds. The first-order valence-corrected chi connectivity index (χ1v) is 7.60. The molecule has 1 aliphatic rings. The molecule has 0 saturated carbocycles. The van der Waals surface area contributed by atoms with E-state index in [0.29, 0.717) is 28.5 Å². The summed E-state index contributed by atoms with van der Waals surface area (Å²) in [4.78, 5) is 12.6. The first kappa shape index (κ1) is 15.6. The Morgan fingerprint density at radius 2 is 2.04 bits per heavy atom. The van der Waals surface area contributed by atoms with Gasteiger partial charge in [-0.1, -0.05) is 11.6 Å². The van der Waals surface area contributed by atoms with E-state index in [-0.39, 0.29) is 5.78 Å². The van der Waals surface area contributed by atoms with Gasteiger partial charge in [-0.05, 0) is 36.6 Å². The number of carbonyl (C=O) groups excluding carboxylic acids is 1. The van der Waals surface area contributed by atoms with Crippen LogP contribution < -0.4 is 9.47 Å². The zero-order valence-electron chi connectivity index (χ0n) is 13.2. The van der Waals surface area contributed by atoms with Crippen LogP contribution in [0, 0.1) is 0 Å². The summed E-state index contributed by atoms with van der Waals surface area (Å²) in [5.74, 6) is 1.04. The topological polar surface area (TPSA) is 53.4 Å². The Hall–Kier alpha value is -2.27. The highest BCUT2D eigenvalue weighted by Gasteiger charge is 2.25. The van der Waals surface area contributed by atoms with Gasteiger partial charge in [0.05, 0.1) is 31.0 Å². The molecule has 0 fully saturated rings. The van der Waals surface area contributed by atoms with E-state index in [1.165, 1.54) is 7.11 Å². The van der Waals surface area contributed by atoms with E-state index in [4.69, 9.17) is 21.1 Å². The fraction of sp³-hybridized carbons (Fsp3) is 0.294. The molecule has 1 heterocycles. The summed E-state index contributed by atoms with van der Waals surface area (Å²) in [5.41, 5.74) is 3.21. The summed E-state index contributed by atoms with van der Waals surface area (Å²) in [6, 6.07) is 3.58. The minimum absolute atomic E-state index is 0.0188. The standard InChI is InChI=1S/C17H17ClN2O3/c1-20-14-5-4-11(16(21)12(14)9-19-20)6-10-7-13(18)17(23-3)15(8-10)22-2/h6-9H,4-5H2,1-3H3/b11-6-. The Morgan fingerprint density at radius 1 is 1.26 bits per heavy atom. The SMILES string of the molecule is COc1cc(/C=C2/CCc3c(cnn3C)C2=O)cc(Cl)c1OC. The number of rotatable bonds is 3. The molecule has 0 aliphatic heterocycles. The van der Waals surface area contributed by atoms with Crippen LogP contribution >= 0.6 is 11.6 Å². The van der Waals surface area contributed by atoms with Crippen LogP contribution in [0.4, 0.5) is 0 Å². The van der Waals surface area contributed by atoms with Crippen molar-refractivity contribution in [2.45, 2.75) is 12.8 Å². The van der Waals surface area contributed by atoms with Gasteiger partial charge in [0.15, 0.2) is 17.3 Å². The van der Waals surface area contributed by atoms with Gasteiger partial charge in [-0.25, -0.2) is 0 Å². The van der Waals surface area contributed by atoms with E-state index in [2.05, 4.69) is 5.10 Å². The van der Waals surface area contributed by atoms with Crippen molar-refractivity contribution >= 4 is 23.5 Å². The van der Waals surface area contributed by atoms with Crippen molar-refractivity contribution in [2.75, 3.05) is 14.2 Å². The number of hydrogen-bond acceptors (Lipinski definition) is 4. The number of ether oxygens (including phenoxy) is 2. The second-order valence-electron chi connectivity index (χ2n) is 5.37. The predicted octanol–water partition coefficient (Wildman–Crippen LogP) is 3.30. The highest BCUT2D eigenvalue weighted by atomic mass is 35.5. The van der Waals surface area contributed by atoms with Crippen molar-refractivity contribution in [1.29, 1.82) is 0 Å². The van der Waals surface area contributed by atoms with E-state index in [1.54, 1.807) is 24.1 Å². The van der Waals surface area contributed by atoms with Gasteiger partial charge >= 0.3 is 0 Å². The van der Waals surface area contributed by atoms with Crippen molar-refractivity contribution in [3.05, 3.63) is 45.7 Å². The van der Waals surface area contributed by atoms with Crippen molar-refractivity contribution in [3.8, 4) is 11.5 Å². The van der Waals surface area contributed by atoms with Crippen molar-refractivity contribution in [3.63, 3.8) is 0 Å². The maximum Gasteiger partial charge on any atom is 0.192 e. The lowest BCUT2D eigenvalue weighted by Gasteiger charge is -2.15. The summed E-state index contributed by atoms with van der Waals surface area (Å²) in [7, 11) is 4.95. The fourth-order valence-electron chi connectivity index (χ4n) is 2.85. The van der Waals surface area contributed by atoms with Gasteiger partial charge in [-0.2, -0.15) is 5.10 Å². The fourth-order valence-corrected chi connectivity index (χ4v) is 3.14. The Labute approximate surface area is 139 Å². The molecule has 0 spiro atoms. The molecule has 0 saturated heterocycles. The number of benzene rings is 1. The zero-order valence-corrected chi connectivity index (χ0v) is 14.0. The third-order valence-corrected chi connectivity index (χ3v) is 4.31. The minimum Gasteiger partial charge on any atom is -0.493 e. The Kier molecular flexibility index (Phi) is 4.13. The number of ketones is 1. The van der Waals surface area contributed by atoms with E-state index in [9.17, 15) is 4.79 Å². The molecule has 1 aromatic heterocycles. The van der Waals surface area contributed by atoms with E-state index >= 15 is 0 Å². The van der Waals surface area contributed by atoms with Gasteiger partial charge in [0.25, 0.3) is 0 Å². The molecule has 0 bridgehead atoms. The number of aromatic nitrogens is 2. The van der Waals surface area contributed by atoms with Gasteiger partial charge in [-0.15, -0.1) is 0 Å². The predicted molar refractivity (Wildman–Crippen MR) is 88.4 cm³/mol. The Morgan fingerprint density at radius 3 is 2.74 bits per heavy atom. The van der Waals surface area contributed by atoms with Crippen LogP contribution in [0.5, 0.6) is 11.5 Å². The number of fused-ring (bicyclic) bond motifs is 1. The molecule has 1 aliphatic carbocycles. The molecule has 3 rings (SSSR count). The Bertz CT molecular complexity index is 808. The lowest BCUT2D eigenvalue weighted by atomic mass is 9.90. The first-order chi connectivity index (χ1) is 11.0. The Balaban J connectivity index is 2.00. The van der Waals surface area contributed by atoms with Crippen molar-refractivity contribution < 1.29 is 14.3 Å². The van der Waals surface area contributed by atoms with E-state index < -0.39 is 0 Å². The average Bonchev–Trinajstić information content (AvgIpc) is 2.91. The molecule has 2 aromatic rings. The summed E-state index contributed by atoms with van der Waals surface area (Å²) >= 11 is 6.22. The van der Waals surface area contributed by atoms with Crippen LogP contribution in [-0.4, -0.2) is 29.8 Å². The quantitative estimate of drug-likeness (QED) is 0.809. The summed E-state index contributed by atoms with van der Waals surface area (Å²) < 4.78 is 12.3. The van der Waals surface area contributed by atoms with Crippen molar-refractivity contribution in [2.24, 2.45) is 7.05 Å². The molecular formula is C17H17ClN2O3. The second-order valence-corrected chi connectivity index (χ2v) is 5.77. The molecule has 6 heteroatoms. The summed E-state index contributed by atoms with van der Waals surface area (Å²) in [6.07, 6.45) is 4.96. The van der Waals surface area contributed by atoms with Gasteiger partial charge in [0.2, 0.25) is 0 Å². The number of aryl methyl sites for hydroxylation is 1. The third kappa shape index (κ3) is 2.72. The smallest absolute Gasteiger partial charge is 0.192 e. The number of nitrogens with zero attached hydrogens (tertiary/aromatic N) is 2. The molecule has 5 nitrogen and oxygen atoms in total. The van der Waals surface area contributed by atoms with Crippen LogP contribution in [0.1, 0.15) is 28.0 Å².